The van der Waals surface area contributed by atoms with Crippen molar-refractivity contribution in [2.24, 2.45) is 0 Å². The van der Waals surface area contributed by atoms with E-state index >= 15 is 0 Å². The van der Waals surface area contributed by atoms with Crippen LogP contribution in [-0.4, -0.2) is 23.6 Å². The molecule has 6 nitrogen and oxygen atoms in total. The Labute approximate surface area is 105 Å². The number of furan rings is 1. The molecule has 0 fully saturated rings. The Morgan fingerprint density at radius 1 is 1.44 bits per heavy atom. The molecule has 2 heterocycles. The lowest BCUT2D eigenvalue weighted by Gasteiger charge is -2.15. The summed E-state index contributed by atoms with van der Waals surface area (Å²) in [6.07, 6.45) is 1.45. The van der Waals surface area contributed by atoms with Crippen molar-refractivity contribution in [3.63, 3.8) is 0 Å². The van der Waals surface area contributed by atoms with Gasteiger partial charge in [-0.05, 0) is 13.0 Å². The Balaban J connectivity index is 2.20. The normalized spacial score (nSPS) is 9.83. The van der Waals surface area contributed by atoms with Crippen molar-refractivity contribution in [1.82, 2.24) is 9.97 Å². The molecule has 6 heteroatoms. The maximum absolute atomic E-state index is 8.51. The summed E-state index contributed by atoms with van der Waals surface area (Å²) in [5.74, 6) is 2.85. The minimum Gasteiger partial charge on any atom is -0.445 e. The van der Waals surface area contributed by atoms with E-state index < -0.39 is 0 Å². The van der Waals surface area contributed by atoms with E-state index in [9.17, 15) is 0 Å². The first kappa shape index (κ1) is 11.9. The summed E-state index contributed by atoms with van der Waals surface area (Å²) in [6, 6.07) is 7.52. The third-order valence-corrected chi connectivity index (χ3v) is 2.40. The van der Waals surface area contributed by atoms with Gasteiger partial charge in [-0.2, -0.15) is 5.26 Å². The Morgan fingerprint density at radius 2 is 2.28 bits per heavy atom. The van der Waals surface area contributed by atoms with Gasteiger partial charge in [-0.15, -0.1) is 0 Å². The molecule has 2 rings (SSSR count). The van der Waals surface area contributed by atoms with Crippen LogP contribution in [0.2, 0.25) is 0 Å². The zero-order chi connectivity index (χ0) is 13.0. The van der Waals surface area contributed by atoms with E-state index in [4.69, 9.17) is 9.68 Å². The molecule has 2 aromatic rings. The number of anilines is 3. The largest absolute Gasteiger partial charge is 0.445 e. The molecule has 0 atom stereocenters. The van der Waals surface area contributed by atoms with Crippen molar-refractivity contribution in [3.05, 3.63) is 30.3 Å². The second-order valence-corrected chi connectivity index (χ2v) is 3.72. The SMILES string of the molecule is Cc1ccc(N(C)c2cc(NCC#N)ncn2)o1. The standard InChI is InChI=1S/C12H13N5O/c1-9-3-4-12(18-9)17(2)11-7-10(14-6-5-13)15-8-16-11/h3-4,7-8H,6H2,1-2H3,(H,14,15,16). The van der Waals surface area contributed by atoms with Gasteiger partial charge < -0.3 is 9.73 Å². The fraction of sp³-hybridized carbons (Fsp3) is 0.250. The summed E-state index contributed by atoms with van der Waals surface area (Å²) in [7, 11) is 1.86. The number of nitrogens with one attached hydrogen (secondary N) is 1. The Bertz CT molecular complexity index is 572. The van der Waals surface area contributed by atoms with Crippen LogP contribution >= 0.6 is 0 Å². The first-order valence-corrected chi connectivity index (χ1v) is 5.44. The average Bonchev–Trinajstić information content (AvgIpc) is 2.82. The third kappa shape index (κ3) is 2.58. The molecule has 0 aliphatic rings. The average molecular weight is 243 g/mol. The molecule has 0 amide bonds. The maximum atomic E-state index is 8.51. The number of nitrogens with zero attached hydrogens (tertiary/aromatic N) is 4. The number of hydrogen-bond acceptors (Lipinski definition) is 6. The molecule has 0 spiro atoms. The lowest BCUT2D eigenvalue weighted by molar-refractivity contribution is 0.537. The predicted molar refractivity (Wildman–Crippen MR) is 67.6 cm³/mol. The minimum absolute atomic E-state index is 0.208. The number of aromatic nitrogens is 2. The summed E-state index contributed by atoms with van der Waals surface area (Å²) >= 11 is 0. The molecular weight excluding hydrogens is 230 g/mol. The fourth-order valence-electron chi connectivity index (χ4n) is 1.47. The molecule has 0 unspecified atom stereocenters. The second-order valence-electron chi connectivity index (χ2n) is 3.72. The molecule has 0 aromatic carbocycles. The van der Waals surface area contributed by atoms with Crippen LogP contribution in [0.25, 0.3) is 0 Å². The van der Waals surface area contributed by atoms with Crippen LogP contribution in [0.5, 0.6) is 0 Å². The molecule has 1 N–H and O–H groups in total. The Morgan fingerprint density at radius 3 is 2.94 bits per heavy atom. The summed E-state index contributed by atoms with van der Waals surface area (Å²) in [5, 5.41) is 11.4. The molecule has 0 saturated carbocycles. The zero-order valence-electron chi connectivity index (χ0n) is 10.2. The molecule has 0 radical (unpaired) electrons. The van der Waals surface area contributed by atoms with Crippen molar-refractivity contribution in [2.75, 3.05) is 23.8 Å². The first-order valence-electron chi connectivity index (χ1n) is 5.44. The van der Waals surface area contributed by atoms with Gasteiger partial charge in [0.15, 0.2) is 0 Å². The highest BCUT2D eigenvalue weighted by Crippen LogP contribution is 2.24. The zero-order valence-corrected chi connectivity index (χ0v) is 10.2. The van der Waals surface area contributed by atoms with Crippen LogP contribution in [0, 0.1) is 18.3 Å². The summed E-state index contributed by atoms with van der Waals surface area (Å²) in [4.78, 5) is 10.0. The summed E-state index contributed by atoms with van der Waals surface area (Å²) < 4.78 is 5.51. The highest BCUT2D eigenvalue weighted by molar-refractivity contribution is 5.57. The van der Waals surface area contributed by atoms with Gasteiger partial charge in [0.2, 0.25) is 5.88 Å². The van der Waals surface area contributed by atoms with E-state index in [2.05, 4.69) is 15.3 Å². The van der Waals surface area contributed by atoms with Crippen LogP contribution in [0.15, 0.2) is 28.9 Å². The molecule has 92 valence electrons. The monoisotopic (exact) mass is 243 g/mol. The fourth-order valence-corrected chi connectivity index (χ4v) is 1.47. The Kier molecular flexibility index (Phi) is 3.44. The highest BCUT2D eigenvalue weighted by Gasteiger charge is 2.09. The first-order chi connectivity index (χ1) is 8.70. The van der Waals surface area contributed by atoms with Crippen molar-refractivity contribution in [2.45, 2.75) is 6.92 Å². The Hall–Kier alpha value is -2.55. The van der Waals surface area contributed by atoms with E-state index in [0.29, 0.717) is 17.5 Å². The quantitative estimate of drug-likeness (QED) is 0.828. The smallest absolute Gasteiger partial charge is 0.200 e. The topological polar surface area (TPSA) is 78.0 Å². The van der Waals surface area contributed by atoms with E-state index in [1.54, 1.807) is 6.07 Å². The lowest BCUT2D eigenvalue weighted by atomic mass is 10.4. The van der Waals surface area contributed by atoms with Crippen molar-refractivity contribution < 1.29 is 4.42 Å². The van der Waals surface area contributed by atoms with Crippen LogP contribution in [0.1, 0.15) is 5.76 Å². The second kappa shape index (κ2) is 5.19. The van der Waals surface area contributed by atoms with Crippen LogP contribution in [-0.2, 0) is 0 Å². The van der Waals surface area contributed by atoms with Crippen LogP contribution in [0.3, 0.4) is 0 Å². The summed E-state index contributed by atoms with van der Waals surface area (Å²) in [5.41, 5.74) is 0. The van der Waals surface area contributed by atoms with Gasteiger partial charge in [0.25, 0.3) is 0 Å². The minimum atomic E-state index is 0.208. The van der Waals surface area contributed by atoms with Gasteiger partial charge >= 0.3 is 0 Å². The summed E-state index contributed by atoms with van der Waals surface area (Å²) in [6.45, 7) is 2.09. The van der Waals surface area contributed by atoms with Gasteiger partial charge in [-0.1, -0.05) is 0 Å². The van der Waals surface area contributed by atoms with Crippen LogP contribution in [0.4, 0.5) is 17.5 Å². The molecule has 0 bridgehead atoms. The molecule has 0 aliphatic carbocycles. The molecular formula is C12H13N5O. The van der Waals surface area contributed by atoms with Gasteiger partial charge in [0.1, 0.15) is 30.3 Å². The van der Waals surface area contributed by atoms with E-state index in [-0.39, 0.29) is 6.54 Å². The molecule has 0 aliphatic heterocycles. The lowest BCUT2D eigenvalue weighted by Crippen LogP contribution is -2.11. The van der Waals surface area contributed by atoms with Gasteiger partial charge in [0, 0.05) is 19.2 Å². The van der Waals surface area contributed by atoms with E-state index in [0.717, 1.165) is 5.76 Å². The molecule has 0 saturated heterocycles. The molecule has 2 aromatic heterocycles. The number of rotatable bonds is 4. The van der Waals surface area contributed by atoms with Crippen molar-refractivity contribution in [3.8, 4) is 6.07 Å². The predicted octanol–water partition coefficient (Wildman–Crippen LogP) is 2.08. The van der Waals surface area contributed by atoms with Crippen LogP contribution < -0.4 is 10.2 Å². The van der Waals surface area contributed by atoms with Gasteiger partial charge in [-0.25, -0.2) is 9.97 Å². The van der Waals surface area contributed by atoms with Gasteiger partial charge in [-0.3, -0.25) is 4.90 Å². The third-order valence-electron chi connectivity index (χ3n) is 2.40. The molecule has 18 heavy (non-hydrogen) atoms. The van der Waals surface area contributed by atoms with Gasteiger partial charge in [0.05, 0.1) is 6.07 Å². The van der Waals surface area contributed by atoms with E-state index in [1.807, 2.05) is 37.1 Å². The highest BCUT2D eigenvalue weighted by atomic mass is 16.4. The maximum Gasteiger partial charge on any atom is 0.200 e. The van der Waals surface area contributed by atoms with Crippen molar-refractivity contribution in [1.29, 1.82) is 5.26 Å². The number of hydrogen-bond donors (Lipinski definition) is 1. The van der Waals surface area contributed by atoms with Crippen molar-refractivity contribution >= 4 is 17.5 Å². The number of nitriles is 1. The van der Waals surface area contributed by atoms with E-state index in [1.165, 1.54) is 6.33 Å². The number of aryl methyl sites for hydroxylation is 1.